The van der Waals surface area contributed by atoms with E-state index in [9.17, 15) is 0 Å². The third-order valence-electron chi connectivity index (χ3n) is 0.221. The van der Waals surface area contributed by atoms with Crippen LogP contribution in [0.2, 0.25) is 0 Å². The first kappa shape index (κ1) is 6.49. The Hall–Kier alpha value is 0.490. The number of hydrogen-bond acceptors (Lipinski definition) is 2. The van der Waals surface area contributed by atoms with Gasteiger partial charge in [0.05, 0.1) is 0 Å². The van der Waals surface area contributed by atoms with Crippen LogP contribution < -0.4 is 0 Å². The summed E-state index contributed by atoms with van der Waals surface area (Å²) in [5, 5.41) is 6.48. The molecule has 6 heavy (non-hydrogen) atoms. The Morgan fingerprint density at radius 3 is 2.33 bits per heavy atom. The van der Waals surface area contributed by atoms with Gasteiger partial charge >= 0.3 is 0 Å². The first-order chi connectivity index (χ1) is 2.77. The molecule has 0 amide bonds. The minimum absolute atomic E-state index is 0.836. The minimum Gasteiger partial charge on any atom is -0.309 e. The molecule has 0 aliphatic carbocycles. The first-order valence-corrected chi connectivity index (χ1v) is 2.85. The van der Waals surface area contributed by atoms with Crippen molar-refractivity contribution in [3.8, 4) is 0 Å². The fourth-order valence-electron chi connectivity index (χ4n) is 0.0688. The molecule has 3 heteroatoms. The van der Waals surface area contributed by atoms with E-state index in [4.69, 9.17) is 5.41 Å². The van der Waals surface area contributed by atoms with E-state index in [1.165, 1.54) is 6.21 Å². The van der Waals surface area contributed by atoms with E-state index in [-0.39, 0.29) is 0 Å². The van der Waals surface area contributed by atoms with Gasteiger partial charge in [-0.05, 0) is 28.7 Å². The third kappa shape index (κ3) is 4.49. The van der Waals surface area contributed by atoms with Gasteiger partial charge in [-0.25, -0.2) is 0 Å². The van der Waals surface area contributed by atoms with Crippen LogP contribution in [0.15, 0.2) is 8.99 Å². The summed E-state index contributed by atoms with van der Waals surface area (Å²) in [4.78, 5) is 0. The van der Waals surface area contributed by atoms with Crippen molar-refractivity contribution in [2.24, 2.45) is 0 Å². The standard InChI is InChI=1S/C3H4INS/c4-3(6)1-2-5/h1-2,5-6H/b3-1-,5-2?. The average molecular weight is 213 g/mol. The summed E-state index contributed by atoms with van der Waals surface area (Å²) in [5.41, 5.74) is 0. The van der Waals surface area contributed by atoms with Crippen LogP contribution >= 0.6 is 35.2 Å². The normalized spacial score (nSPS) is 11.3. The monoisotopic (exact) mass is 213 g/mol. The highest BCUT2D eigenvalue weighted by Crippen LogP contribution is 2.06. The van der Waals surface area contributed by atoms with E-state index < -0.39 is 0 Å². The summed E-state index contributed by atoms with van der Waals surface area (Å²) < 4.78 is 0.836. The van der Waals surface area contributed by atoms with Crippen molar-refractivity contribution in [3.63, 3.8) is 0 Å². The van der Waals surface area contributed by atoms with Gasteiger partial charge in [0.1, 0.15) is 0 Å². The van der Waals surface area contributed by atoms with Crippen LogP contribution in [0.5, 0.6) is 0 Å². The Morgan fingerprint density at radius 2 is 2.33 bits per heavy atom. The molecule has 0 aromatic rings. The summed E-state index contributed by atoms with van der Waals surface area (Å²) in [5.74, 6) is 0. The summed E-state index contributed by atoms with van der Waals surface area (Å²) >= 11 is 5.89. The highest BCUT2D eigenvalue weighted by molar-refractivity contribution is 14.1. The number of allylic oxidation sites excluding steroid dienone is 1. The molecular weight excluding hydrogens is 209 g/mol. The summed E-state index contributed by atoms with van der Waals surface area (Å²) in [6.45, 7) is 0. The Labute approximate surface area is 55.9 Å². The molecule has 0 aliphatic heterocycles. The molecule has 1 N–H and O–H groups in total. The smallest absolute Gasteiger partial charge is 0.0442 e. The Kier molecular flexibility index (Phi) is 3.97. The largest absolute Gasteiger partial charge is 0.309 e. The van der Waals surface area contributed by atoms with Crippen LogP contribution in [-0.4, -0.2) is 6.21 Å². The highest BCUT2D eigenvalue weighted by atomic mass is 127. The van der Waals surface area contributed by atoms with Crippen LogP contribution in [0, 0.1) is 5.41 Å². The molecule has 0 aliphatic rings. The molecule has 0 saturated heterocycles. The van der Waals surface area contributed by atoms with Gasteiger partial charge in [-0.1, -0.05) is 0 Å². The van der Waals surface area contributed by atoms with E-state index >= 15 is 0 Å². The minimum atomic E-state index is 0.836. The second-order valence-corrected chi connectivity index (χ2v) is 3.15. The molecule has 34 valence electrons. The molecule has 0 saturated carbocycles. The van der Waals surface area contributed by atoms with Crippen molar-refractivity contribution >= 4 is 41.4 Å². The first-order valence-electron chi connectivity index (χ1n) is 1.32. The van der Waals surface area contributed by atoms with Crippen LogP contribution in [0.1, 0.15) is 0 Å². The van der Waals surface area contributed by atoms with Crippen LogP contribution in [0.3, 0.4) is 0 Å². The zero-order chi connectivity index (χ0) is 4.99. The van der Waals surface area contributed by atoms with Gasteiger partial charge in [0.25, 0.3) is 0 Å². The van der Waals surface area contributed by atoms with E-state index in [2.05, 4.69) is 12.6 Å². The second kappa shape index (κ2) is 3.67. The van der Waals surface area contributed by atoms with Gasteiger partial charge in [0.2, 0.25) is 0 Å². The van der Waals surface area contributed by atoms with Crippen molar-refractivity contribution < 1.29 is 0 Å². The van der Waals surface area contributed by atoms with Crippen molar-refractivity contribution in [1.29, 1.82) is 5.41 Å². The predicted octanol–water partition coefficient (Wildman–Crippen LogP) is 1.84. The van der Waals surface area contributed by atoms with Crippen molar-refractivity contribution in [2.45, 2.75) is 0 Å². The van der Waals surface area contributed by atoms with E-state index in [0.717, 1.165) is 2.91 Å². The lowest BCUT2D eigenvalue weighted by atomic mass is 10.7. The van der Waals surface area contributed by atoms with Gasteiger partial charge in [-0.3, -0.25) is 0 Å². The number of hydrogen-bond donors (Lipinski definition) is 2. The molecule has 0 fully saturated rings. The molecular formula is C3H4INS. The van der Waals surface area contributed by atoms with Gasteiger partial charge in [-0.2, -0.15) is 0 Å². The number of halogens is 1. The van der Waals surface area contributed by atoms with Crippen molar-refractivity contribution in [3.05, 3.63) is 8.99 Å². The second-order valence-electron chi connectivity index (χ2n) is 0.656. The SMILES string of the molecule is N=C/C=C(\S)I. The van der Waals surface area contributed by atoms with E-state index in [0.29, 0.717) is 0 Å². The molecule has 0 heterocycles. The molecule has 0 spiro atoms. The number of rotatable bonds is 1. The Morgan fingerprint density at radius 1 is 1.83 bits per heavy atom. The molecule has 1 nitrogen and oxygen atoms in total. The van der Waals surface area contributed by atoms with Gasteiger partial charge in [0, 0.05) is 9.13 Å². The predicted molar refractivity (Wildman–Crippen MR) is 39.9 cm³/mol. The summed E-state index contributed by atoms with van der Waals surface area (Å²) in [6, 6.07) is 0. The molecule has 0 aromatic carbocycles. The lowest BCUT2D eigenvalue weighted by Crippen LogP contribution is -1.53. The molecule has 0 aromatic heterocycles. The van der Waals surface area contributed by atoms with Crippen LogP contribution in [0.4, 0.5) is 0 Å². The van der Waals surface area contributed by atoms with E-state index in [1.807, 2.05) is 22.6 Å². The molecule has 0 unspecified atom stereocenters. The topological polar surface area (TPSA) is 23.9 Å². The number of thiol groups is 1. The lowest BCUT2D eigenvalue weighted by molar-refractivity contribution is 1.58. The maximum absolute atomic E-state index is 6.48. The molecule has 0 bridgehead atoms. The highest BCUT2D eigenvalue weighted by Gasteiger charge is 1.68. The fraction of sp³-hybridized carbons (Fsp3) is 0. The maximum atomic E-state index is 6.48. The van der Waals surface area contributed by atoms with Gasteiger partial charge < -0.3 is 5.41 Å². The summed E-state index contributed by atoms with van der Waals surface area (Å²) in [6.07, 6.45) is 2.80. The van der Waals surface area contributed by atoms with Gasteiger partial charge in [-0.15, -0.1) is 12.6 Å². The van der Waals surface area contributed by atoms with Crippen LogP contribution in [0.25, 0.3) is 0 Å². The lowest BCUT2D eigenvalue weighted by Gasteiger charge is -1.71. The van der Waals surface area contributed by atoms with Crippen LogP contribution in [-0.2, 0) is 0 Å². The average Bonchev–Trinajstić information content (AvgIpc) is 1.35. The Bertz CT molecular complexity index is 74.9. The zero-order valence-electron chi connectivity index (χ0n) is 2.98. The molecule has 0 rings (SSSR count). The van der Waals surface area contributed by atoms with Gasteiger partial charge in [0.15, 0.2) is 0 Å². The van der Waals surface area contributed by atoms with Crippen molar-refractivity contribution in [1.82, 2.24) is 0 Å². The zero-order valence-corrected chi connectivity index (χ0v) is 6.03. The fourth-order valence-corrected chi connectivity index (χ4v) is 0.323. The quantitative estimate of drug-likeness (QED) is 0.377. The number of nitrogens with one attached hydrogen (secondary N) is 1. The molecule has 0 atom stereocenters. The molecule has 0 radical (unpaired) electrons. The third-order valence-corrected chi connectivity index (χ3v) is 0.730. The Balaban J connectivity index is 3.41. The summed E-state index contributed by atoms with van der Waals surface area (Å²) in [7, 11) is 0. The maximum Gasteiger partial charge on any atom is 0.0442 e. The van der Waals surface area contributed by atoms with E-state index in [1.54, 1.807) is 6.08 Å². The van der Waals surface area contributed by atoms with Crippen molar-refractivity contribution in [2.75, 3.05) is 0 Å².